The Labute approximate surface area is 142 Å². The van der Waals surface area contributed by atoms with Crippen LogP contribution in [0.25, 0.3) is 11.1 Å². The first-order chi connectivity index (χ1) is 11.7. The van der Waals surface area contributed by atoms with Crippen LogP contribution in [0.15, 0.2) is 48.5 Å². The molecule has 24 heavy (non-hydrogen) atoms. The van der Waals surface area contributed by atoms with Gasteiger partial charge in [0.1, 0.15) is 5.75 Å². The van der Waals surface area contributed by atoms with Crippen molar-refractivity contribution in [3.63, 3.8) is 0 Å². The van der Waals surface area contributed by atoms with Crippen molar-refractivity contribution in [2.75, 3.05) is 33.3 Å². The highest BCUT2D eigenvalue weighted by Crippen LogP contribution is 2.28. The molecule has 0 saturated carbocycles. The minimum absolute atomic E-state index is 0.555. The monoisotopic (exact) mass is 326 g/mol. The number of nitrogens with zero attached hydrogens (tertiary/aromatic N) is 2. The number of ether oxygens (including phenoxy) is 1. The molecule has 0 bridgehead atoms. The van der Waals surface area contributed by atoms with Gasteiger partial charge in [0.05, 0.1) is 7.11 Å². The van der Waals surface area contributed by atoms with Crippen LogP contribution in [0.2, 0.25) is 0 Å². The second kappa shape index (κ2) is 7.36. The van der Waals surface area contributed by atoms with E-state index in [0.29, 0.717) is 13.1 Å². The Kier molecular flexibility index (Phi) is 5.01. The van der Waals surface area contributed by atoms with Gasteiger partial charge in [-0.15, -0.1) is 0 Å². The predicted octanol–water partition coefficient (Wildman–Crippen LogP) is 3.16. The number of hydrogen-bond acceptors (Lipinski definition) is 3. The SMILES string of the molecule is COc1cc(-c2ccccc2)ccc1CN1CCN(C(=O)O)CC1. The number of hydrogen-bond donors (Lipinski definition) is 1. The highest BCUT2D eigenvalue weighted by Gasteiger charge is 2.21. The van der Waals surface area contributed by atoms with E-state index in [4.69, 9.17) is 9.84 Å². The highest BCUT2D eigenvalue weighted by molar-refractivity contribution is 5.66. The van der Waals surface area contributed by atoms with E-state index in [1.54, 1.807) is 7.11 Å². The Morgan fingerprint density at radius 2 is 1.75 bits per heavy atom. The van der Waals surface area contributed by atoms with Crippen molar-refractivity contribution in [1.29, 1.82) is 0 Å². The Bertz CT molecular complexity index is 695. The number of amides is 1. The fourth-order valence-corrected chi connectivity index (χ4v) is 3.02. The molecule has 5 nitrogen and oxygen atoms in total. The molecule has 1 aliphatic heterocycles. The summed E-state index contributed by atoms with van der Waals surface area (Å²) in [5, 5.41) is 9.02. The second-order valence-corrected chi connectivity index (χ2v) is 5.94. The number of rotatable bonds is 4. The van der Waals surface area contributed by atoms with Gasteiger partial charge in [-0.2, -0.15) is 0 Å². The van der Waals surface area contributed by atoms with Gasteiger partial charge in [0.25, 0.3) is 0 Å². The molecular weight excluding hydrogens is 304 g/mol. The molecule has 1 saturated heterocycles. The van der Waals surface area contributed by atoms with Crippen molar-refractivity contribution >= 4 is 6.09 Å². The molecule has 1 N–H and O–H groups in total. The van der Waals surface area contributed by atoms with Gasteiger partial charge in [0, 0.05) is 38.3 Å². The first-order valence-corrected chi connectivity index (χ1v) is 8.10. The van der Waals surface area contributed by atoms with E-state index < -0.39 is 6.09 Å². The van der Waals surface area contributed by atoms with Crippen molar-refractivity contribution in [2.24, 2.45) is 0 Å². The molecule has 0 unspecified atom stereocenters. The lowest BCUT2D eigenvalue weighted by Gasteiger charge is -2.33. The third-order valence-electron chi connectivity index (χ3n) is 4.43. The lowest BCUT2D eigenvalue weighted by molar-refractivity contribution is 0.102. The topological polar surface area (TPSA) is 53.0 Å². The Hall–Kier alpha value is -2.53. The third-order valence-corrected chi connectivity index (χ3v) is 4.43. The summed E-state index contributed by atoms with van der Waals surface area (Å²) >= 11 is 0. The molecule has 0 aromatic heterocycles. The van der Waals surface area contributed by atoms with Crippen LogP contribution in [-0.2, 0) is 6.54 Å². The quantitative estimate of drug-likeness (QED) is 0.938. The Balaban J connectivity index is 1.71. The zero-order chi connectivity index (χ0) is 16.9. The Morgan fingerprint density at radius 1 is 1.04 bits per heavy atom. The summed E-state index contributed by atoms with van der Waals surface area (Å²) in [4.78, 5) is 14.7. The number of carboxylic acid groups (broad SMARTS) is 1. The van der Waals surface area contributed by atoms with E-state index >= 15 is 0 Å². The van der Waals surface area contributed by atoms with E-state index in [-0.39, 0.29) is 0 Å². The third kappa shape index (κ3) is 3.68. The lowest BCUT2D eigenvalue weighted by Crippen LogP contribution is -2.47. The van der Waals surface area contributed by atoms with Crippen molar-refractivity contribution in [3.05, 3.63) is 54.1 Å². The summed E-state index contributed by atoms with van der Waals surface area (Å²) in [6.45, 7) is 3.37. The number of piperazine rings is 1. The van der Waals surface area contributed by atoms with E-state index in [9.17, 15) is 4.79 Å². The summed E-state index contributed by atoms with van der Waals surface area (Å²) in [7, 11) is 1.69. The molecule has 0 atom stereocenters. The van der Waals surface area contributed by atoms with E-state index in [1.165, 1.54) is 4.90 Å². The molecule has 5 heteroatoms. The molecule has 0 radical (unpaired) electrons. The van der Waals surface area contributed by atoms with Crippen LogP contribution in [0, 0.1) is 0 Å². The van der Waals surface area contributed by atoms with Crippen molar-refractivity contribution in [3.8, 4) is 16.9 Å². The minimum atomic E-state index is -0.834. The zero-order valence-electron chi connectivity index (χ0n) is 13.8. The smallest absolute Gasteiger partial charge is 0.407 e. The molecule has 0 spiro atoms. The highest BCUT2D eigenvalue weighted by atomic mass is 16.5. The largest absolute Gasteiger partial charge is 0.496 e. The fourth-order valence-electron chi connectivity index (χ4n) is 3.02. The zero-order valence-corrected chi connectivity index (χ0v) is 13.8. The van der Waals surface area contributed by atoms with E-state index in [2.05, 4.69) is 35.2 Å². The van der Waals surface area contributed by atoms with E-state index in [0.717, 1.165) is 42.1 Å². The molecule has 2 aromatic carbocycles. The maximum atomic E-state index is 11.0. The molecule has 1 heterocycles. The fraction of sp³-hybridized carbons (Fsp3) is 0.316. The summed E-state index contributed by atoms with van der Waals surface area (Å²) in [6.07, 6.45) is -0.834. The van der Waals surface area contributed by atoms with Gasteiger partial charge >= 0.3 is 6.09 Å². The van der Waals surface area contributed by atoms with Gasteiger partial charge in [0.15, 0.2) is 0 Å². The van der Waals surface area contributed by atoms with Crippen LogP contribution >= 0.6 is 0 Å². The molecule has 1 fully saturated rings. The Morgan fingerprint density at radius 3 is 2.38 bits per heavy atom. The maximum Gasteiger partial charge on any atom is 0.407 e. The predicted molar refractivity (Wildman–Crippen MR) is 93.3 cm³/mol. The molecule has 2 aromatic rings. The van der Waals surface area contributed by atoms with Gasteiger partial charge in [-0.1, -0.05) is 42.5 Å². The summed E-state index contributed by atoms with van der Waals surface area (Å²) < 4.78 is 5.58. The molecule has 3 rings (SSSR count). The van der Waals surface area contributed by atoms with E-state index in [1.807, 2.05) is 18.2 Å². The van der Waals surface area contributed by atoms with Gasteiger partial charge in [0.2, 0.25) is 0 Å². The number of carbonyl (C=O) groups is 1. The van der Waals surface area contributed by atoms with Crippen LogP contribution in [0.4, 0.5) is 4.79 Å². The van der Waals surface area contributed by atoms with Gasteiger partial charge in [-0.25, -0.2) is 4.79 Å². The van der Waals surface area contributed by atoms with Crippen LogP contribution in [0.5, 0.6) is 5.75 Å². The average Bonchev–Trinajstić information content (AvgIpc) is 2.63. The first-order valence-electron chi connectivity index (χ1n) is 8.10. The molecular formula is C19H22N2O3. The van der Waals surface area contributed by atoms with Crippen molar-refractivity contribution < 1.29 is 14.6 Å². The molecule has 1 amide bonds. The van der Waals surface area contributed by atoms with Crippen molar-refractivity contribution in [1.82, 2.24) is 9.80 Å². The minimum Gasteiger partial charge on any atom is -0.496 e. The standard InChI is InChI=1S/C19H22N2O3/c1-24-18-13-16(15-5-3-2-4-6-15)7-8-17(18)14-20-9-11-21(12-10-20)19(22)23/h2-8,13H,9-12,14H2,1H3,(H,22,23). The van der Waals surface area contributed by atoms with Crippen LogP contribution in [0.3, 0.4) is 0 Å². The molecule has 1 aliphatic rings. The number of benzene rings is 2. The first kappa shape index (κ1) is 16.3. The van der Waals surface area contributed by atoms with Crippen LogP contribution in [-0.4, -0.2) is 54.3 Å². The lowest BCUT2D eigenvalue weighted by atomic mass is 10.0. The van der Waals surface area contributed by atoms with Crippen molar-refractivity contribution in [2.45, 2.75) is 6.54 Å². The summed E-state index contributed by atoms with van der Waals surface area (Å²) in [6, 6.07) is 16.5. The molecule has 0 aliphatic carbocycles. The summed E-state index contributed by atoms with van der Waals surface area (Å²) in [5.74, 6) is 0.872. The van der Waals surface area contributed by atoms with Gasteiger partial charge in [-0.3, -0.25) is 4.90 Å². The van der Waals surface area contributed by atoms with Gasteiger partial charge < -0.3 is 14.7 Å². The van der Waals surface area contributed by atoms with Gasteiger partial charge in [-0.05, 0) is 17.2 Å². The second-order valence-electron chi connectivity index (χ2n) is 5.94. The normalized spacial score (nSPS) is 15.3. The van der Waals surface area contributed by atoms with Crippen LogP contribution in [0.1, 0.15) is 5.56 Å². The maximum absolute atomic E-state index is 11.0. The number of methoxy groups -OCH3 is 1. The molecule has 126 valence electrons. The average molecular weight is 326 g/mol. The summed E-state index contributed by atoms with van der Waals surface area (Å²) in [5.41, 5.74) is 3.42. The van der Waals surface area contributed by atoms with Crippen LogP contribution < -0.4 is 4.74 Å².